The van der Waals surface area contributed by atoms with E-state index < -0.39 is 6.04 Å². The van der Waals surface area contributed by atoms with Gasteiger partial charge < -0.3 is 19.7 Å². The van der Waals surface area contributed by atoms with Crippen molar-refractivity contribution >= 4 is 23.2 Å². The second kappa shape index (κ2) is 11.8. The SMILES string of the molecule is COc1ccc([C@@H](C(=O)NC2CCCCC2)N(Cc2cccs2)C(=O)c2cnccn2)cc1OC. The molecule has 1 saturated carbocycles. The van der Waals surface area contributed by atoms with Crippen LogP contribution in [0.1, 0.15) is 59.1 Å². The van der Waals surface area contributed by atoms with Gasteiger partial charge in [0, 0.05) is 23.3 Å². The van der Waals surface area contributed by atoms with Gasteiger partial charge in [0.2, 0.25) is 5.91 Å². The van der Waals surface area contributed by atoms with Gasteiger partial charge in [-0.1, -0.05) is 31.4 Å². The third kappa shape index (κ3) is 5.97. The fourth-order valence-corrected chi connectivity index (χ4v) is 5.13. The molecular formula is C26H30N4O4S. The molecule has 4 rings (SSSR count). The van der Waals surface area contributed by atoms with Crippen LogP contribution in [0.25, 0.3) is 0 Å². The molecule has 0 spiro atoms. The van der Waals surface area contributed by atoms with Crippen LogP contribution in [0.2, 0.25) is 0 Å². The number of aromatic nitrogens is 2. The third-order valence-corrected chi connectivity index (χ3v) is 7.05. The van der Waals surface area contributed by atoms with Crippen LogP contribution < -0.4 is 14.8 Å². The summed E-state index contributed by atoms with van der Waals surface area (Å²) in [6.07, 6.45) is 9.65. The summed E-state index contributed by atoms with van der Waals surface area (Å²) in [5, 5.41) is 5.16. The summed E-state index contributed by atoms with van der Waals surface area (Å²) in [6.45, 7) is 0.254. The molecule has 0 unspecified atom stereocenters. The summed E-state index contributed by atoms with van der Waals surface area (Å²) in [6, 6.07) is 8.39. The lowest BCUT2D eigenvalue weighted by Crippen LogP contribution is -2.47. The molecule has 1 atom stereocenters. The highest BCUT2D eigenvalue weighted by Crippen LogP contribution is 2.34. The van der Waals surface area contributed by atoms with Gasteiger partial charge in [-0.3, -0.25) is 14.6 Å². The Morgan fingerprint density at radius 1 is 1.11 bits per heavy atom. The van der Waals surface area contributed by atoms with E-state index in [4.69, 9.17) is 9.47 Å². The van der Waals surface area contributed by atoms with Gasteiger partial charge in [0.1, 0.15) is 11.7 Å². The Kier molecular flexibility index (Phi) is 8.31. The number of carbonyl (C=O) groups excluding carboxylic acids is 2. The highest BCUT2D eigenvalue weighted by molar-refractivity contribution is 7.09. The molecule has 0 saturated heterocycles. The molecule has 1 fully saturated rings. The Balaban J connectivity index is 1.77. The van der Waals surface area contributed by atoms with E-state index in [-0.39, 0.29) is 30.1 Å². The van der Waals surface area contributed by atoms with Crippen molar-refractivity contribution < 1.29 is 19.1 Å². The van der Waals surface area contributed by atoms with Gasteiger partial charge in [-0.25, -0.2) is 4.98 Å². The maximum atomic E-state index is 13.9. The predicted octanol–water partition coefficient (Wildman–Crippen LogP) is 4.39. The Morgan fingerprint density at radius 2 is 1.91 bits per heavy atom. The van der Waals surface area contributed by atoms with Crippen LogP contribution in [0.3, 0.4) is 0 Å². The molecule has 9 heteroatoms. The summed E-state index contributed by atoms with van der Waals surface area (Å²) in [5.41, 5.74) is 0.810. The molecule has 2 amide bonds. The molecule has 184 valence electrons. The lowest BCUT2D eigenvalue weighted by Gasteiger charge is -2.33. The molecule has 1 aromatic carbocycles. The Hall–Kier alpha value is -3.46. The Bertz CT molecular complexity index is 1120. The molecule has 35 heavy (non-hydrogen) atoms. The second-order valence-electron chi connectivity index (χ2n) is 8.46. The van der Waals surface area contributed by atoms with Crippen LogP contribution in [0.15, 0.2) is 54.3 Å². The van der Waals surface area contributed by atoms with Crippen LogP contribution in [-0.2, 0) is 11.3 Å². The zero-order valence-electron chi connectivity index (χ0n) is 20.0. The molecule has 8 nitrogen and oxygen atoms in total. The number of thiophene rings is 1. The van der Waals surface area contributed by atoms with Crippen LogP contribution >= 0.6 is 11.3 Å². The van der Waals surface area contributed by atoms with Gasteiger partial charge in [-0.05, 0) is 42.0 Å². The van der Waals surface area contributed by atoms with E-state index in [0.717, 1.165) is 30.6 Å². The number of amides is 2. The average Bonchev–Trinajstić information content (AvgIpc) is 3.42. The van der Waals surface area contributed by atoms with E-state index in [1.165, 1.54) is 36.3 Å². The van der Waals surface area contributed by atoms with Crippen molar-refractivity contribution in [2.45, 2.75) is 50.7 Å². The average molecular weight is 495 g/mol. The second-order valence-corrected chi connectivity index (χ2v) is 9.50. The number of nitrogens with zero attached hydrogens (tertiary/aromatic N) is 3. The van der Waals surface area contributed by atoms with Gasteiger partial charge in [0.05, 0.1) is 27.0 Å². The Morgan fingerprint density at radius 3 is 2.57 bits per heavy atom. The van der Waals surface area contributed by atoms with Crippen molar-refractivity contribution in [3.05, 3.63) is 70.4 Å². The normalized spacial score (nSPS) is 14.7. The minimum absolute atomic E-state index is 0.0918. The zero-order chi connectivity index (χ0) is 24.6. The first-order valence-corrected chi connectivity index (χ1v) is 12.6. The van der Waals surface area contributed by atoms with Gasteiger partial charge in [-0.2, -0.15) is 0 Å². The van der Waals surface area contributed by atoms with Gasteiger partial charge >= 0.3 is 0 Å². The molecule has 2 heterocycles. The van der Waals surface area contributed by atoms with E-state index in [9.17, 15) is 9.59 Å². The minimum Gasteiger partial charge on any atom is -0.493 e. The molecule has 3 aromatic rings. The highest BCUT2D eigenvalue weighted by atomic mass is 32.1. The molecule has 1 aliphatic rings. The smallest absolute Gasteiger partial charge is 0.275 e. The molecule has 0 radical (unpaired) electrons. The van der Waals surface area contributed by atoms with E-state index in [1.54, 1.807) is 37.3 Å². The fraction of sp³-hybridized carbons (Fsp3) is 0.385. The van der Waals surface area contributed by atoms with E-state index >= 15 is 0 Å². The highest BCUT2D eigenvalue weighted by Gasteiger charge is 2.35. The summed E-state index contributed by atoms with van der Waals surface area (Å²) in [5.74, 6) is 0.444. The van der Waals surface area contributed by atoms with Crippen LogP contribution in [0.5, 0.6) is 11.5 Å². The molecular weight excluding hydrogens is 464 g/mol. The first kappa shape index (κ1) is 24.7. The number of hydrogen-bond donors (Lipinski definition) is 1. The van der Waals surface area contributed by atoms with Crippen molar-refractivity contribution in [1.29, 1.82) is 0 Å². The molecule has 0 bridgehead atoms. The topological polar surface area (TPSA) is 93.7 Å². The Labute approximate surface area is 209 Å². The monoisotopic (exact) mass is 494 g/mol. The van der Waals surface area contributed by atoms with Gasteiger partial charge in [0.25, 0.3) is 5.91 Å². The minimum atomic E-state index is -0.895. The quantitative estimate of drug-likeness (QED) is 0.474. The van der Waals surface area contributed by atoms with Crippen molar-refractivity contribution in [2.75, 3.05) is 14.2 Å². The fourth-order valence-electron chi connectivity index (χ4n) is 4.43. The van der Waals surface area contributed by atoms with Crippen LogP contribution in [-0.4, -0.2) is 46.9 Å². The number of nitrogens with one attached hydrogen (secondary N) is 1. The van der Waals surface area contributed by atoms with Gasteiger partial charge in [0.15, 0.2) is 11.5 Å². The summed E-state index contributed by atoms with van der Waals surface area (Å²) in [4.78, 5) is 38.4. The lowest BCUT2D eigenvalue weighted by molar-refractivity contribution is -0.127. The largest absolute Gasteiger partial charge is 0.493 e. The predicted molar refractivity (Wildman–Crippen MR) is 134 cm³/mol. The lowest BCUT2D eigenvalue weighted by atomic mass is 9.94. The first-order valence-electron chi connectivity index (χ1n) is 11.7. The summed E-state index contributed by atoms with van der Waals surface area (Å²) < 4.78 is 10.9. The number of ether oxygens (including phenoxy) is 2. The van der Waals surface area contributed by atoms with Crippen molar-refractivity contribution in [3.63, 3.8) is 0 Å². The van der Waals surface area contributed by atoms with Crippen molar-refractivity contribution in [1.82, 2.24) is 20.2 Å². The molecule has 1 N–H and O–H groups in total. The summed E-state index contributed by atoms with van der Waals surface area (Å²) >= 11 is 1.53. The van der Waals surface area contributed by atoms with E-state index in [0.29, 0.717) is 17.1 Å². The summed E-state index contributed by atoms with van der Waals surface area (Å²) in [7, 11) is 3.11. The van der Waals surface area contributed by atoms with Crippen molar-refractivity contribution in [2.24, 2.45) is 0 Å². The maximum absolute atomic E-state index is 13.9. The first-order chi connectivity index (χ1) is 17.1. The van der Waals surface area contributed by atoms with Crippen molar-refractivity contribution in [3.8, 4) is 11.5 Å². The number of hydrogen-bond acceptors (Lipinski definition) is 7. The standard InChI is InChI=1S/C26H30N4O4S/c1-33-22-11-10-18(15-23(22)34-2)24(25(31)29-19-7-4-3-5-8-19)30(17-20-9-6-14-35-20)26(32)21-16-27-12-13-28-21/h6,9-16,19,24H,3-5,7-8,17H2,1-2H3,(H,29,31)/t24-/m0/s1. The number of carbonyl (C=O) groups is 2. The van der Waals surface area contributed by atoms with Crippen LogP contribution in [0.4, 0.5) is 0 Å². The molecule has 1 aliphatic carbocycles. The number of benzene rings is 1. The zero-order valence-corrected chi connectivity index (χ0v) is 20.8. The number of methoxy groups -OCH3 is 2. The molecule has 0 aliphatic heterocycles. The van der Waals surface area contributed by atoms with E-state index in [1.807, 2.05) is 17.5 Å². The maximum Gasteiger partial charge on any atom is 0.275 e. The van der Waals surface area contributed by atoms with Gasteiger partial charge in [-0.15, -0.1) is 11.3 Å². The van der Waals surface area contributed by atoms with Crippen LogP contribution in [0, 0.1) is 0 Å². The number of rotatable bonds is 9. The third-order valence-electron chi connectivity index (χ3n) is 6.18. The van der Waals surface area contributed by atoms with E-state index in [2.05, 4.69) is 15.3 Å². The molecule has 2 aromatic heterocycles.